The molecule has 4 N–H and O–H groups in total. The minimum atomic E-state index is -0.339. The number of ether oxygens (including phenoxy) is 1. The molecular formula is C7H17N3O2. The Morgan fingerprint density at radius 2 is 1.83 bits per heavy atom. The third kappa shape index (κ3) is 4.15. The molecule has 12 heavy (non-hydrogen) atoms. The third-order valence-corrected chi connectivity index (χ3v) is 1.32. The van der Waals surface area contributed by atoms with Gasteiger partial charge < -0.3 is 21.1 Å². The Labute approximate surface area is 72.6 Å². The van der Waals surface area contributed by atoms with Crippen molar-refractivity contribution < 1.29 is 9.53 Å². The standard InChI is InChI=1S/C7H17N3O2/c1-2-12-7(11)10(5-3-8)6-4-9/h2-6,8-9H2,1H3. The van der Waals surface area contributed by atoms with E-state index < -0.39 is 0 Å². The van der Waals surface area contributed by atoms with Crippen LogP contribution in [0.2, 0.25) is 0 Å². The average Bonchev–Trinajstić information content (AvgIpc) is 2.04. The van der Waals surface area contributed by atoms with Gasteiger partial charge in [-0.15, -0.1) is 0 Å². The van der Waals surface area contributed by atoms with Crippen LogP contribution in [0.25, 0.3) is 0 Å². The topological polar surface area (TPSA) is 81.6 Å². The van der Waals surface area contributed by atoms with Crippen LogP contribution >= 0.6 is 0 Å². The van der Waals surface area contributed by atoms with Crippen LogP contribution < -0.4 is 11.5 Å². The first-order valence-electron chi connectivity index (χ1n) is 4.08. The highest BCUT2D eigenvalue weighted by Gasteiger charge is 2.11. The van der Waals surface area contributed by atoms with Crippen molar-refractivity contribution in [1.82, 2.24) is 4.90 Å². The van der Waals surface area contributed by atoms with Crippen LogP contribution in [0.1, 0.15) is 6.92 Å². The van der Waals surface area contributed by atoms with Crippen molar-refractivity contribution in [2.75, 3.05) is 32.8 Å². The Kier molecular flexibility index (Phi) is 6.41. The first-order chi connectivity index (χ1) is 5.76. The van der Waals surface area contributed by atoms with E-state index in [9.17, 15) is 4.79 Å². The van der Waals surface area contributed by atoms with Gasteiger partial charge in [0.15, 0.2) is 0 Å². The van der Waals surface area contributed by atoms with Gasteiger partial charge in [0.25, 0.3) is 0 Å². The Hall–Kier alpha value is -0.810. The highest BCUT2D eigenvalue weighted by molar-refractivity contribution is 5.67. The number of carbonyl (C=O) groups is 1. The fraction of sp³-hybridized carbons (Fsp3) is 0.857. The average molecular weight is 175 g/mol. The second-order valence-electron chi connectivity index (χ2n) is 2.26. The van der Waals surface area contributed by atoms with Gasteiger partial charge >= 0.3 is 6.09 Å². The highest BCUT2D eigenvalue weighted by atomic mass is 16.6. The zero-order valence-corrected chi connectivity index (χ0v) is 7.45. The van der Waals surface area contributed by atoms with Crippen LogP contribution in [0.15, 0.2) is 0 Å². The SMILES string of the molecule is CCOC(=O)N(CCN)CCN. The molecule has 0 fully saturated rings. The predicted octanol–water partition coefficient (Wildman–Crippen LogP) is -0.638. The first kappa shape index (κ1) is 11.2. The lowest BCUT2D eigenvalue weighted by Crippen LogP contribution is -2.39. The van der Waals surface area contributed by atoms with Crippen LogP contribution in [-0.2, 0) is 4.74 Å². The van der Waals surface area contributed by atoms with E-state index in [1.807, 2.05) is 0 Å². The van der Waals surface area contributed by atoms with Crippen LogP contribution in [0.4, 0.5) is 4.79 Å². The van der Waals surface area contributed by atoms with Crippen LogP contribution in [0.3, 0.4) is 0 Å². The Balaban J connectivity index is 3.81. The van der Waals surface area contributed by atoms with Gasteiger partial charge in [-0.3, -0.25) is 0 Å². The molecule has 0 rings (SSSR count). The number of nitrogens with zero attached hydrogens (tertiary/aromatic N) is 1. The van der Waals surface area contributed by atoms with E-state index in [1.165, 1.54) is 4.90 Å². The minimum Gasteiger partial charge on any atom is -0.450 e. The molecule has 0 aliphatic heterocycles. The molecule has 0 aliphatic rings. The smallest absolute Gasteiger partial charge is 0.409 e. The zero-order chi connectivity index (χ0) is 9.40. The maximum atomic E-state index is 11.1. The molecule has 0 atom stereocenters. The monoisotopic (exact) mass is 175 g/mol. The first-order valence-corrected chi connectivity index (χ1v) is 4.08. The molecule has 0 heterocycles. The summed E-state index contributed by atoms with van der Waals surface area (Å²) < 4.78 is 4.78. The number of hydrogen-bond donors (Lipinski definition) is 2. The van der Waals surface area contributed by atoms with Gasteiger partial charge in [-0.1, -0.05) is 0 Å². The van der Waals surface area contributed by atoms with Crippen molar-refractivity contribution in [3.8, 4) is 0 Å². The minimum absolute atomic E-state index is 0.339. The second-order valence-corrected chi connectivity index (χ2v) is 2.26. The fourth-order valence-electron chi connectivity index (χ4n) is 0.821. The van der Waals surface area contributed by atoms with Crippen LogP contribution in [-0.4, -0.2) is 43.8 Å². The van der Waals surface area contributed by atoms with Gasteiger partial charge in [-0.05, 0) is 6.92 Å². The number of carbonyl (C=O) groups excluding carboxylic acids is 1. The summed E-state index contributed by atoms with van der Waals surface area (Å²) in [4.78, 5) is 12.6. The highest BCUT2D eigenvalue weighted by Crippen LogP contribution is 1.91. The van der Waals surface area contributed by atoms with Crippen molar-refractivity contribution in [3.63, 3.8) is 0 Å². The molecule has 0 radical (unpaired) electrons. The molecule has 0 aromatic heterocycles. The normalized spacial score (nSPS) is 9.58. The lowest BCUT2D eigenvalue weighted by atomic mass is 10.5. The molecule has 0 aromatic carbocycles. The van der Waals surface area contributed by atoms with Crippen molar-refractivity contribution >= 4 is 6.09 Å². The molecule has 72 valence electrons. The summed E-state index contributed by atoms with van der Waals surface area (Å²) >= 11 is 0. The van der Waals surface area contributed by atoms with Gasteiger partial charge in [0.1, 0.15) is 0 Å². The summed E-state index contributed by atoms with van der Waals surface area (Å²) in [5.74, 6) is 0. The largest absolute Gasteiger partial charge is 0.450 e. The van der Waals surface area contributed by atoms with Gasteiger partial charge in [0, 0.05) is 26.2 Å². The Morgan fingerprint density at radius 3 is 2.17 bits per heavy atom. The number of nitrogens with two attached hydrogens (primary N) is 2. The molecule has 0 unspecified atom stereocenters. The van der Waals surface area contributed by atoms with Gasteiger partial charge in [-0.2, -0.15) is 0 Å². The molecule has 5 nitrogen and oxygen atoms in total. The van der Waals surface area contributed by atoms with E-state index >= 15 is 0 Å². The van der Waals surface area contributed by atoms with Crippen LogP contribution in [0.5, 0.6) is 0 Å². The van der Waals surface area contributed by atoms with E-state index in [2.05, 4.69) is 0 Å². The number of amides is 1. The molecule has 0 spiro atoms. The van der Waals surface area contributed by atoms with E-state index in [-0.39, 0.29) is 6.09 Å². The van der Waals surface area contributed by atoms with Crippen molar-refractivity contribution in [2.45, 2.75) is 6.92 Å². The zero-order valence-electron chi connectivity index (χ0n) is 7.45. The third-order valence-electron chi connectivity index (χ3n) is 1.32. The fourth-order valence-corrected chi connectivity index (χ4v) is 0.821. The molecule has 1 amide bonds. The van der Waals surface area contributed by atoms with Crippen molar-refractivity contribution in [2.24, 2.45) is 11.5 Å². The summed E-state index contributed by atoms with van der Waals surface area (Å²) in [6.07, 6.45) is -0.339. The van der Waals surface area contributed by atoms with E-state index in [1.54, 1.807) is 6.92 Å². The maximum absolute atomic E-state index is 11.1. The van der Waals surface area contributed by atoms with Crippen molar-refractivity contribution in [3.05, 3.63) is 0 Å². The lowest BCUT2D eigenvalue weighted by molar-refractivity contribution is 0.109. The maximum Gasteiger partial charge on any atom is 0.409 e. The summed E-state index contributed by atoms with van der Waals surface area (Å²) in [7, 11) is 0. The lowest BCUT2D eigenvalue weighted by Gasteiger charge is -2.19. The molecule has 0 saturated carbocycles. The molecule has 0 bridgehead atoms. The van der Waals surface area contributed by atoms with Gasteiger partial charge in [0.05, 0.1) is 6.61 Å². The Bertz CT molecular complexity index is 124. The van der Waals surface area contributed by atoms with E-state index in [0.29, 0.717) is 32.8 Å². The quantitative estimate of drug-likeness (QED) is 0.582. The van der Waals surface area contributed by atoms with Crippen LogP contribution in [0, 0.1) is 0 Å². The summed E-state index contributed by atoms with van der Waals surface area (Å²) in [5, 5.41) is 0. The Morgan fingerprint density at radius 1 is 1.33 bits per heavy atom. The summed E-state index contributed by atoms with van der Waals surface area (Å²) in [6, 6.07) is 0. The molecule has 0 aromatic rings. The van der Waals surface area contributed by atoms with Crippen molar-refractivity contribution in [1.29, 1.82) is 0 Å². The van der Waals surface area contributed by atoms with Gasteiger partial charge in [0.2, 0.25) is 0 Å². The number of hydrogen-bond acceptors (Lipinski definition) is 4. The summed E-state index contributed by atoms with van der Waals surface area (Å²) in [6.45, 7) is 4.00. The van der Waals surface area contributed by atoms with E-state index in [4.69, 9.17) is 16.2 Å². The predicted molar refractivity (Wildman–Crippen MR) is 46.7 cm³/mol. The number of rotatable bonds is 5. The molecule has 0 aliphatic carbocycles. The van der Waals surface area contributed by atoms with Gasteiger partial charge in [-0.25, -0.2) is 4.79 Å². The van der Waals surface area contributed by atoms with E-state index in [0.717, 1.165) is 0 Å². The molecular weight excluding hydrogens is 158 g/mol. The summed E-state index contributed by atoms with van der Waals surface area (Å²) in [5.41, 5.74) is 10.6. The molecule has 5 heteroatoms. The second kappa shape index (κ2) is 6.87. The molecule has 0 saturated heterocycles.